The lowest BCUT2D eigenvalue weighted by molar-refractivity contribution is -0.139. The Morgan fingerprint density at radius 2 is 1.69 bits per heavy atom. The van der Waals surface area contributed by atoms with Crippen molar-refractivity contribution >= 4 is 34.1 Å². The Balaban J connectivity index is 1.47. The van der Waals surface area contributed by atoms with Gasteiger partial charge in [0.2, 0.25) is 5.91 Å². The van der Waals surface area contributed by atoms with Crippen LogP contribution >= 0.6 is 11.6 Å². The normalized spacial score (nSPS) is 15.0. The number of piperazine rings is 1. The van der Waals surface area contributed by atoms with Crippen LogP contribution in [0.1, 0.15) is 13.8 Å². The van der Waals surface area contributed by atoms with E-state index in [1.165, 1.54) is 10.8 Å². The van der Waals surface area contributed by atoms with Crippen molar-refractivity contribution < 1.29 is 4.79 Å². The maximum atomic E-state index is 12.6. The zero-order valence-electron chi connectivity index (χ0n) is 16.8. The van der Waals surface area contributed by atoms with Crippen LogP contribution < -0.4 is 4.90 Å². The van der Waals surface area contributed by atoms with E-state index in [0.717, 1.165) is 30.2 Å². The van der Waals surface area contributed by atoms with Gasteiger partial charge in [0.05, 0.1) is 11.1 Å². The van der Waals surface area contributed by atoms with Crippen molar-refractivity contribution in [2.45, 2.75) is 13.8 Å². The monoisotopic (exact) mass is 408 g/mol. The summed E-state index contributed by atoms with van der Waals surface area (Å²) >= 11 is 5.96. The van der Waals surface area contributed by atoms with Crippen molar-refractivity contribution in [1.29, 1.82) is 0 Å². The molecule has 0 spiro atoms. The van der Waals surface area contributed by atoms with Gasteiger partial charge in [0.1, 0.15) is 0 Å². The molecule has 1 amide bonds. The molecule has 0 radical (unpaired) electrons. The van der Waals surface area contributed by atoms with Gasteiger partial charge in [-0.1, -0.05) is 42.5 Å². The topological polar surface area (TPSA) is 49.3 Å². The highest BCUT2D eigenvalue weighted by atomic mass is 35.5. The first-order chi connectivity index (χ1) is 14.0. The van der Waals surface area contributed by atoms with E-state index in [1.807, 2.05) is 49.1 Å². The number of alkyl halides is 1. The molecule has 0 atom stereocenters. The lowest BCUT2D eigenvalue weighted by Gasteiger charge is -2.38. The number of carbonyl (C=O) groups is 1. The highest BCUT2D eigenvalue weighted by molar-refractivity contribution is 6.19. The third kappa shape index (κ3) is 3.92. The number of hydrogen-bond donors (Lipinski definition) is 0. The van der Waals surface area contributed by atoms with Crippen LogP contribution in [0.3, 0.4) is 0 Å². The Morgan fingerprint density at radius 1 is 0.966 bits per heavy atom. The van der Waals surface area contributed by atoms with Crippen LogP contribution in [0.4, 0.5) is 5.82 Å². The first-order valence-electron chi connectivity index (χ1n) is 9.92. The summed E-state index contributed by atoms with van der Waals surface area (Å²) in [5.41, 5.74) is 1.42. The first-order valence-corrected chi connectivity index (χ1v) is 10.5. The molecule has 0 aliphatic carbocycles. The average molecular weight is 409 g/mol. The van der Waals surface area contributed by atoms with Crippen LogP contribution in [-0.2, 0) is 4.79 Å². The van der Waals surface area contributed by atoms with Gasteiger partial charge < -0.3 is 9.80 Å². The van der Waals surface area contributed by atoms with Crippen molar-refractivity contribution in [1.82, 2.24) is 15.1 Å². The SMILES string of the molecule is CC(C)(CCl)C(=O)N1CCN(c2ccc(-c3cccc4ccccc34)nn2)CC1. The highest BCUT2D eigenvalue weighted by Crippen LogP contribution is 2.28. The van der Waals surface area contributed by atoms with E-state index in [-0.39, 0.29) is 5.91 Å². The molecule has 6 heteroatoms. The Labute approximate surface area is 176 Å². The van der Waals surface area contributed by atoms with Crippen LogP contribution in [-0.4, -0.2) is 53.1 Å². The molecule has 0 N–H and O–H groups in total. The molecule has 1 saturated heterocycles. The van der Waals surface area contributed by atoms with Gasteiger partial charge in [0, 0.05) is 37.6 Å². The summed E-state index contributed by atoms with van der Waals surface area (Å²) in [5.74, 6) is 1.29. The smallest absolute Gasteiger partial charge is 0.229 e. The molecule has 5 nitrogen and oxygen atoms in total. The summed E-state index contributed by atoms with van der Waals surface area (Å²) < 4.78 is 0. The van der Waals surface area contributed by atoms with Gasteiger partial charge in [-0.2, -0.15) is 0 Å². The van der Waals surface area contributed by atoms with Crippen LogP contribution in [0, 0.1) is 5.41 Å². The third-order valence-corrected chi connectivity index (χ3v) is 6.19. The number of rotatable bonds is 4. The number of nitrogens with zero attached hydrogens (tertiary/aromatic N) is 4. The van der Waals surface area contributed by atoms with E-state index in [1.54, 1.807) is 0 Å². The van der Waals surface area contributed by atoms with Gasteiger partial charge in [0.15, 0.2) is 5.82 Å². The Bertz CT molecular complexity index is 1010. The molecule has 0 bridgehead atoms. The Kier molecular flexibility index (Phi) is 5.41. The van der Waals surface area contributed by atoms with Crippen molar-refractivity contribution in [3.63, 3.8) is 0 Å². The molecule has 0 saturated carbocycles. The molecular weight excluding hydrogens is 384 g/mol. The van der Waals surface area contributed by atoms with Gasteiger partial charge in [0.25, 0.3) is 0 Å². The van der Waals surface area contributed by atoms with Crippen LogP contribution in [0.25, 0.3) is 22.0 Å². The maximum Gasteiger partial charge on any atom is 0.229 e. The predicted molar refractivity (Wildman–Crippen MR) is 118 cm³/mol. The summed E-state index contributed by atoms with van der Waals surface area (Å²) in [7, 11) is 0. The lowest BCUT2D eigenvalue weighted by Crippen LogP contribution is -2.52. The van der Waals surface area contributed by atoms with E-state index in [2.05, 4.69) is 39.4 Å². The fraction of sp³-hybridized carbons (Fsp3) is 0.348. The molecule has 150 valence electrons. The Morgan fingerprint density at radius 3 is 2.38 bits per heavy atom. The second kappa shape index (κ2) is 7.99. The average Bonchev–Trinajstić information content (AvgIpc) is 2.78. The lowest BCUT2D eigenvalue weighted by atomic mass is 9.94. The van der Waals surface area contributed by atoms with Crippen LogP contribution in [0.15, 0.2) is 54.6 Å². The summed E-state index contributed by atoms with van der Waals surface area (Å²) in [4.78, 5) is 16.7. The van der Waals surface area contributed by atoms with Crippen LogP contribution in [0.2, 0.25) is 0 Å². The van der Waals surface area contributed by atoms with Crippen molar-refractivity contribution in [3.8, 4) is 11.3 Å². The zero-order valence-corrected chi connectivity index (χ0v) is 17.6. The number of halogens is 1. The number of fused-ring (bicyclic) bond motifs is 1. The largest absolute Gasteiger partial charge is 0.352 e. The van der Waals surface area contributed by atoms with Gasteiger partial charge in [-0.05, 0) is 36.8 Å². The molecular formula is C23H25ClN4O. The number of aromatic nitrogens is 2. The standard InChI is InChI=1S/C23H25ClN4O/c1-23(2,16-24)22(29)28-14-12-27(13-15-28)21-11-10-20(25-26-21)19-9-5-7-17-6-3-4-8-18(17)19/h3-11H,12-16H2,1-2H3. The molecule has 2 heterocycles. The predicted octanol–water partition coefficient (Wildman–Crippen LogP) is 4.21. The maximum absolute atomic E-state index is 12.6. The van der Waals surface area contributed by atoms with E-state index in [9.17, 15) is 4.79 Å². The molecule has 2 aromatic carbocycles. The number of carbonyl (C=O) groups excluding carboxylic acids is 1. The van der Waals surface area contributed by atoms with Gasteiger partial charge >= 0.3 is 0 Å². The second-order valence-electron chi connectivity index (χ2n) is 8.10. The van der Waals surface area contributed by atoms with Crippen molar-refractivity contribution in [2.24, 2.45) is 5.41 Å². The Hall–Kier alpha value is -2.66. The van der Waals surface area contributed by atoms with E-state index >= 15 is 0 Å². The summed E-state index contributed by atoms with van der Waals surface area (Å²) in [5, 5.41) is 11.3. The summed E-state index contributed by atoms with van der Waals surface area (Å²) in [6, 6.07) is 18.6. The fourth-order valence-corrected chi connectivity index (χ4v) is 3.82. The molecule has 3 aromatic rings. The van der Waals surface area contributed by atoms with Gasteiger partial charge in [-0.3, -0.25) is 4.79 Å². The molecule has 29 heavy (non-hydrogen) atoms. The first kappa shape index (κ1) is 19.6. The molecule has 1 aliphatic heterocycles. The third-order valence-electron chi connectivity index (χ3n) is 5.52. The van der Waals surface area contributed by atoms with E-state index in [0.29, 0.717) is 19.0 Å². The highest BCUT2D eigenvalue weighted by Gasteiger charge is 2.33. The zero-order chi connectivity index (χ0) is 20.4. The van der Waals surface area contributed by atoms with Crippen molar-refractivity contribution in [2.75, 3.05) is 37.0 Å². The minimum absolute atomic E-state index is 0.115. The minimum Gasteiger partial charge on any atom is -0.352 e. The number of hydrogen-bond acceptors (Lipinski definition) is 4. The molecule has 1 aliphatic rings. The van der Waals surface area contributed by atoms with Gasteiger partial charge in [-0.15, -0.1) is 21.8 Å². The second-order valence-corrected chi connectivity index (χ2v) is 8.37. The molecule has 0 unspecified atom stereocenters. The number of anilines is 1. The minimum atomic E-state index is -0.524. The summed E-state index contributed by atoms with van der Waals surface area (Å²) in [6.45, 7) is 6.62. The molecule has 4 rings (SSSR count). The quantitative estimate of drug-likeness (QED) is 0.607. The number of benzene rings is 2. The molecule has 1 fully saturated rings. The molecule has 1 aromatic heterocycles. The van der Waals surface area contributed by atoms with Gasteiger partial charge in [-0.25, -0.2) is 0 Å². The fourth-order valence-electron chi connectivity index (χ4n) is 3.71. The summed E-state index contributed by atoms with van der Waals surface area (Å²) in [6.07, 6.45) is 0. The van der Waals surface area contributed by atoms with E-state index in [4.69, 9.17) is 11.6 Å². The van der Waals surface area contributed by atoms with Crippen molar-refractivity contribution in [3.05, 3.63) is 54.6 Å². The van der Waals surface area contributed by atoms with E-state index < -0.39 is 5.41 Å². The van der Waals surface area contributed by atoms with Crippen LogP contribution in [0.5, 0.6) is 0 Å². The number of amides is 1.